The van der Waals surface area contributed by atoms with Gasteiger partial charge in [0.1, 0.15) is 0 Å². The van der Waals surface area contributed by atoms with Crippen LogP contribution >= 0.6 is 0 Å². The fraction of sp³-hybridized carbons (Fsp3) is 0.974. The Morgan fingerprint density at radius 2 is 0.512 bits per heavy atom. The Bertz CT molecular complexity index is 416. The van der Waals surface area contributed by atoms with E-state index in [1.807, 2.05) is 0 Å². The molecule has 0 atom stereocenters. The van der Waals surface area contributed by atoms with E-state index < -0.39 is 5.97 Å². The highest BCUT2D eigenvalue weighted by molar-refractivity contribution is 5.62. The van der Waals surface area contributed by atoms with Crippen LogP contribution in [0.1, 0.15) is 226 Å². The number of nitrogens with one attached hydrogen (secondary N) is 1. The van der Waals surface area contributed by atoms with Crippen LogP contribution < -0.4 is 5.32 Å². The van der Waals surface area contributed by atoms with Gasteiger partial charge < -0.3 is 10.4 Å². The van der Waals surface area contributed by atoms with Gasteiger partial charge in [-0.1, -0.05) is 206 Å². The van der Waals surface area contributed by atoms with Crippen molar-refractivity contribution >= 4 is 5.97 Å². The third-order valence-electron chi connectivity index (χ3n) is 8.41. The van der Waals surface area contributed by atoms with E-state index in [0.29, 0.717) is 0 Å². The van der Waals surface area contributed by atoms with E-state index in [4.69, 9.17) is 9.90 Å². The minimum absolute atomic E-state index is 0.833. The molecule has 0 saturated carbocycles. The van der Waals surface area contributed by atoms with Gasteiger partial charge in [0.05, 0.1) is 0 Å². The van der Waals surface area contributed by atoms with Gasteiger partial charge in [-0.25, -0.2) is 0 Å². The van der Waals surface area contributed by atoms with Crippen LogP contribution in [-0.2, 0) is 4.79 Å². The van der Waals surface area contributed by atoms with Gasteiger partial charge in [0.15, 0.2) is 0 Å². The average molecular weight is 582 g/mol. The zero-order valence-corrected chi connectivity index (χ0v) is 28.9. The fourth-order valence-electron chi connectivity index (χ4n) is 5.72. The van der Waals surface area contributed by atoms with Crippen LogP contribution in [0.4, 0.5) is 0 Å². The number of carboxylic acid groups (broad SMARTS) is 1. The molecule has 3 heteroatoms. The lowest BCUT2D eigenvalue weighted by Crippen LogP contribution is -2.16. The number of rotatable bonds is 34. The maximum atomic E-state index is 9.00. The maximum Gasteiger partial charge on any atom is 0.300 e. The molecule has 0 radical (unpaired) electrons. The molecule has 0 fully saturated rings. The number of hydrogen-bond acceptors (Lipinski definition) is 2. The third-order valence-corrected chi connectivity index (χ3v) is 8.41. The van der Waals surface area contributed by atoms with Crippen LogP contribution in [0.15, 0.2) is 0 Å². The highest BCUT2D eigenvalue weighted by atomic mass is 16.4. The van der Waals surface area contributed by atoms with Crippen LogP contribution in [0.3, 0.4) is 0 Å². The molecule has 0 unspecified atom stereocenters. The highest BCUT2D eigenvalue weighted by Crippen LogP contribution is 2.15. The number of unbranched alkanes of at least 4 members (excludes halogenated alkanes) is 30. The highest BCUT2D eigenvalue weighted by Gasteiger charge is 1.97. The molecule has 0 saturated heterocycles. The smallest absolute Gasteiger partial charge is 0.300 e. The second-order valence-electron chi connectivity index (χ2n) is 12.9. The Morgan fingerprint density at radius 1 is 0.366 bits per heavy atom. The summed E-state index contributed by atoms with van der Waals surface area (Å²) in [6, 6.07) is 0. The molecule has 41 heavy (non-hydrogen) atoms. The van der Waals surface area contributed by atoms with E-state index in [0.717, 1.165) is 6.92 Å². The lowest BCUT2D eigenvalue weighted by Gasteiger charge is -2.06. The van der Waals surface area contributed by atoms with Gasteiger partial charge in [0.2, 0.25) is 0 Å². The van der Waals surface area contributed by atoms with Crippen molar-refractivity contribution in [2.75, 3.05) is 13.1 Å². The predicted octanol–water partition coefficient (Wildman–Crippen LogP) is 13.2. The summed E-state index contributed by atoms with van der Waals surface area (Å²) in [6.45, 7) is 8.19. The number of carbonyl (C=O) groups is 1. The summed E-state index contributed by atoms with van der Waals surface area (Å²) in [4.78, 5) is 9.00. The van der Waals surface area contributed by atoms with Crippen LogP contribution in [0.2, 0.25) is 0 Å². The number of carboxylic acids is 1. The summed E-state index contributed by atoms with van der Waals surface area (Å²) < 4.78 is 0. The van der Waals surface area contributed by atoms with Gasteiger partial charge in [-0.15, -0.1) is 0 Å². The van der Waals surface area contributed by atoms with Crippen molar-refractivity contribution in [1.29, 1.82) is 0 Å². The molecule has 0 heterocycles. The molecule has 0 bridgehead atoms. The molecule has 0 aromatic heterocycles. The molecule has 0 aliphatic rings. The van der Waals surface area contributed by atoms with Crippen LogP contribution in [-0.4, -0.2) is 24.2 Å². The molecule has 0 amide bonds. The number of aliphatic carboxylic acids is 1. The van der Waals surface area contributed by atoms with Crippen molar-refractivity contribution < 1.29 is 9.90 Å². The van der Waals surface area contributed by atoms with Crippen molar-refractivity contribution in [1.82, 2.24) is 5.32 Å². The molecule has 0 spiro atoms. The molecule has 0 aromatic rings. The maximum absolute atomic E-state index is 9.00. The average Bonchev–Trinajstić information content (AvgIpc) is 2.95. The van der Waals surface area contributed by atoms with Crippen molar-refractivity contribution in [3.63, 3.8) is 0 Å². The molecule has 0 aliphatic carbocycles. The summed E-state index contributed by atoms with van der Waals surface area (Å²) in [5.41, 5.74) is 0. The van der Waals surface area contributed by atoms with E-state index in [1.165, 1.54) is 219 Å². The topological polar surface area (TPSA) is 49.3 Å². The van der Waals surface area contributed by atoms with E-state index in [-0.39, 0.29) is 0 Å². The Morgan fingerprint density at radius 3 is 0.683 bits per heavy atom. The van der Waals surface area contributed by atoms with Crippen molar-refractivity contribution in [2.24, 2.45) is 0 Å². The van der Waals surface area contributed by atoms with E-state index in [1.54, 1.807) is 0 Å². The zero-order valence-electron chi connectivity index (χ0n) is 28.9. The Labute approximate surface area is 260 Å². The van der Waals surface area contributed by atoms with Gasteiger partial charge in [-0.3, -0.25) is 4.79 Å². The predicted molar refractivity (Wildman–Crippen MR) is 185 cm³/mol. The molecule has 3 nitrogen and oxygen atoms in total. The van der Waals surface area contributed by atoms with E-state index in [9.17, 15) is 0 Å². The van der Waals surface area contributed by atoms with Crippen molar-refractivity contribution in [2.45, 2.75) is 226 Å². The molecule has 248 valence electrons. The summed E-state index contributed by atoms with van der Waals surface area (Å²) in [5.74, 6) is -0.833. The lowest BCUT2D eigenvalue weighted by molar-refractivity contribution is -0.134. The Hall–Kier alpha value is -0.570. The van der Waals surface area contributed by atoms with Gasteiger partial charge in [0.25, 0.3) is 5.97 Å². The first-order valence-electron chi connectivity index (χ1n) is 19.0. The normalized spacial score (nSPS) is 11.0. The zero-order chi connectivity index (χ0) is 30.3. The molecule has 0 aliphatic heterocycles. The SMILES string of the molecule is CC(=O)O.CCCCCCCCCCCCCCCCCCNCCCCCCCCCCCCCCCCCC. The van der Waals surface area contributed by atoms with Crippen molar-refractivity contribution in [3.8, 4) is 0 Å². The number of hydrogen-bond donors (Lipinski definition) is 2. The van der Waals surface area contributed by atoms with Crippen molar-refractivity contribution in [3.05, 3.63) is 0 Å². The first-order valence-corrected chi connectivity index (χ1v) is 19.0. The van der Waals surface area contributed by atoms with Gasteiger partial charge in [0, 0.05) is 6.92 Å². The molecule has 2 N–H and O–H groups in total. The summed E-state index contributed by atoms with van der Waals surface area (Å²) >= 11 is 0. The molecular weight excluding hydrogens is 502 g/mol. The van der Waals surface area contributed by atoms with E-state index in [2.05, 4.69) is 19.2 Å². The van der Waals surface area contributed by atoms with Gasteiger partial charge in [-0.2, -0.15) is 0 Å². The van der Waals surface area contributed by atoms with E-state index >= 15 is 0 Å². The molecule has 0 rings (SSSR count). The monoisotopic (exact) mass is 582 g/mol. The minimum Gasteiger partial charge on any atom is -0.481 e. The second-order valence-corrected chi connectivity index (χ2v) is 12.9. The van der Waals surface area contributed by atoms with Crippen LogP contribution in [0.25, 0.3) is 0 Å². The quantitative estimate of drug-likeness (QED) is 0.0743. The standard InChI is InChI=1S/C36H75N.C2H4O2/c1-3-5-7-9-11-13-15-17-19-21-23-25-27-29-31-33-35-37-36-34-32-30-28-26-24-22-20-18-16-14-12-10-8-6-4-2;1-2(3)4/h37H,3-36H2,1-2H3;1H3,(H,3,4). The first-order chi connectivity index (χ1) is 20.1. The fourth-order valence-corrected chi connectivity index (χ4v) is 5.72. The first kappa shape index (κ1) is 42.6. The van der Waals surface area contributed by atoms with Gasteiger partial charge in [-0.05, 0) is 25.9 Å². The largest absolute Gasteiger partial charge is 0.481 e. The minimum atomic E-state index is -0.833. The van der Waals surface area contributed by atoms with Crippen LogP contribution in [0, 0.1) is 0 Å². The molecular formula is C38H79NO2. The summed E-state index contributed by atoms with van der Waals surface area (Å²) in [7, 11) is 0. The molecule has 0 aromatic carbocycles. The Balaban J connectivity index is 0. The summed E-state index contributed by atoms with van der Waals surface area (Å²) in [6.07, 6.45) is 46.7. The second kappa shape index (κ2) is 41.6. The van der Waals surface area contributed by atoms with Crippen LogP contribution in [0.5, 0.6) is 0 Å². The lowest BCUT2D eigenvalue weighted by atomic mass is 10.0. The third kappa shape index (κ3) is 49.4. The summed E-state index contributed by atoms with van der Waals surface area (Å²) in [5, 5.41) is 11.1. The van der Waals surface area contributed by atoms with Gasteiger partial charge >= 0.3 is 0 Å². The Kier molecular flexibility index (Phi) is 43.1.